The summed E-state index contributed by atoms with van der Waals surface area (Å²) < 4.78 is 13.6. The number of aromatic nitrogens is 1. The van der Waals surface area contributed by atoms with E-state index in [4.69, 9.17) is 11.6 Å². The lowest BCUT2D eigenvalue weighted by Gasteiger charge is -2.07. The van der Waals surface area contributed by atoms with Crippen molar-refractivity contribution in [3.63, 3.8) is 0 Å². The van der Waals surface area contributed by atoms with Gasteiger partial charge in [0.1, 0.15) is 5.15 Å². The Morgan fingerprint density at radius 1 is 1.33 bits per heavy atom. The highest BCUT2D eigenvalue weighted by atomic mass is 35.5. The minimum absolute atomic E-state index is 0.128. The molecule has 1 aromatic carbocycles. The molecule has 92 valence electrons. The molecule has 0 aliphatic heterocycles. The second-order valence-corrected chi connectivity index (χ2v) is 3.80. The number of anilines is 2. The number of hydrogen-bond donors (Lipinski definition) is 1. The number of nitro groups is 1. The quantitative estimate of drug-likeness (QED) is 0.525. The van der Waals surface area contributed by atoms with E-state index in [9.17, 15) is 14.5 Å². The van der Waals surface area contributed by atoms with Gasteiger partial charge in [-0.2, -0.15) is 0 Å². The number of nitrogens with zero attached hydrogens (tertiary/aromatic N) is 2. The maximum atomic E-state index is 13.6. The molecule has 18 heavy (non-hydrogen) atoms. The molecule has 0 aliphatic rings. The number of non-ortho nitro benzene ring substituents is 1. The van der Waals surface area contributed by atoms with Gasteiger partial charge in [0.15, 0.2) is 5.82 Å². The van der Waals surface area contributed by atoms with Gasteiger partial charge in [0, 0.05) is 18.0 Å². The van der Waals surface area contributed by atoms with Gasteiger partial charge in [0.05, 0.1) is 16.7 Å². The number of halogens is 2. The van der Waals surface area contributed by atoms with Crippen LogP contribution in [-0.4, -0.2) is 9.91 Å². The van der Waals surface area contributed by atoms with Crippen LogP contribution in [0.2, 0.25) is 5.15 Å². The molecule has 0 amide bonds. The van der Waals surface area contributed by atoms with Crippen LogP contribution in [0.15, 0.2) is 36.5 Å². The Bertz CT molecular complexity index is 607. The average Bonchev–Trinajstić information content (AvgIpc) is 2.31. The van der Waals surface area contributed by atoms with Gasteiger partial charge in [0.25, 0.3) is 5.69 Å². The molecule has 1 aromatic heterocycles. The first kappa shape index (κ1) is 12.3. The maximum absolute atomic E-state index is 13.6. The van der Waals surface area contributed by atoms with Gasteiger partial charge >= 0.3 is 0 Å². The lowest BCUT2D eigenvalue weighted by Crippen LogP contribution is -1.96. The molecule has 2 rings (SSSR count). The number of nitrogens with one attached hydrogen (secondary N) is 1. The summed E-state index contributed by atoms with van der Waals surface area (Å²) in [6.45, 7) is 0. The highest BCUT2D eigenvalue weighted by Gasteiger charge is 2.10. The second-order valence-electron chi connectivity index (χ2n) is 3.41. The molecule has 0 atom stereocenters. The standard InChI is InChI=1S/C11H7ClFN3O2/c12-11-5-7(3-4-14-11)15-10-2-1-8(16(17)18)6-9(10)13/h1-6H,(H,14,15). The predicted molar refractivity (Wildman–Crippen MR) is 65.6 cm³/mol. The SMILES string of the molecule is O=[N+]([O-])c1ccc(Nc2ccnc(Cl)c2)c(F)c1. The first-order chi connectivity index (χ1) is 8.56. The maximum Gasteiger partial charge on any atom is 0.272 e. The topological polar surface area (TPSA) is 68.1 Å². The van der Waals surface area contributed by atoms with Gasteiger partial charge < -0.3 is 5.32 Å². The first-order valence-electron chi connectivity index (χ1n) is 4.89. The Morgan fingerprint density at radius 2 is 2.11 bits per heavy atom. The highest BCUT2D eigenvalue weighted by Crippen LogP contribution is 2.24. The molecule has 0 unspecified atom stereocenters. The van der Waals surface area contributed by atoms with Crippen molar-refractivity contribution in [3.05, 3.63) is 57.6 Å². The fourth-order valence-corrected chi connectivity index (χ4v) is 1.53. The summed E-state index contributed by atoms with van der Waals surface area (Å²) in [4.78, 5) is 13.6. The molecule has 0 saturated carbocycles. The predicted octanol–water partition coefficient (Wildman–Crippen LogP) is 3.53. The summed E-state index contributed by atoms with van der Waals surface area (Å²) in [6, 6.07) is 6.48. The zero-order valence-corrected chi connectivity index (χ0v) is 9.69. The second kappa shape index (κ2) is 4.97. The average molecular weight is 268 g/mol. The molecule has 0 aliphatic carbocycles. The summed E-state index contributed by atoms with van der Waals surface area (Å²) in [6.07, 6.45) is 1.47. The van der Waals surface area contributed by atoms with Crippen LogP contribution in [0.5, 0.6) is 0 Å². The van der Waals surface area contributed by atoms with E-state index in [2.05, 4.69) is 10.3 Å². The van der Waals surface area contributed by atoms with Crippen molar-refractivity contribution < 1.29 is 9.31 Å². The molecule has 2 aromatic rings. The summed E-state index contributed by atoms with van der Waals surface area (Å²) in [7, 11) is 0. The molecular formula is C11H7ClFN3O2. The molecule has 1 N–H and O–H groups in total. The van der Waals surface area contributed by atoms with Crippen LogP contribution in [0.1, 0.15) is 0 Å². The third-order valence-electron chi connectivity index (χ3n) is 2.17. The van der Waals surface area contributed by atoms with E-state index < -0.39 is 10.7 Å². The van der Waals surface area contributed by atoms with Crippen LogP contribution in [0, 0.1) is 15.9 Å². The summed E-state index contributed by atoms with van der Waals surface area (Å²) in [5, 5.41) is 13.5. The molecule has 0 bridgehead atoms. The van der Waals surface area contributed by atoms with E-state index in [0.717, 1.165) is 6.07 Å². The fourth-order valence-electron chi connectivity index (χ4n) is 1.35. The van der Waals surface area contributed by atoms with Crippen molar-refractivity contribution >= 4 is 28.7 Å². The van der Waals surface area contributed by atoms with E-state index in [1.165, 1.54) is 24.4 Å². The molecule has 0 spiro atoms. The van der Waals surface area contributed by atoms with Crippen LogP contribution in [0.25, 0.3) is 0 Å². The number of pyridine rings is 1. The van der Waals surface area contributed by atoms with Gasteiger partial charge in [-0.05, 0) is 18.2 Å². The first-order valence-corrected chi connectivity index (χ1v) is 5.26. The third-order valence-corrected chi connectivity index (χ3v) is 2.38. The molecule has 0 radical (unpaired) electrons. The molecule has 0 fully saturated rings. The van der Waals surface area contributed by atoms with E-state index in [-0.39, 0.29) is 16.5 Å². The van der Waals surface area contributed by atoms with Crippen LogP contribution in [0.4, 0.5) is 21.5 Å². The van der Waals surface area contributed by atoms with Crippen molar-refractivity contribution in [3.8, 4) is 0 Å². The zero-order chi connectivity index (χ0) is 13.1. The van der Waals surface area contributed by atoms with Gasteiger partial charge in [-0.15, -0.1) is 0 Å². The Morgan fingerprint density at radius 3 is 2.72 bits per heavy atom. The van der Waals surface area contributed by atoms with E-state index >= 15 is 0 Å². The largest absolute Gasteiger partial charge is 0.353 e. The molecule has 0 saturated heterocycles. The summed E-state index contributed by atoms with van der Waals surface area (Å²) in [5.41, 5.74) is 0.372. The van der Waals surface area contributed by atoms with Gasteiger partial charge in [-0.1, -0.05) is 11.6 Å². The van der Waals surface area contributed by atoms with Crippen molar-refractivity contribution in [1.82, 2.24) is 4.98 Å². The molecule has 7 heteroatoms. The van der Waals surface area contributed by atoms with Gasteiger partial charge in [0.2, 0.25) is 0 Å². The Hall–Kier alpha value is -2.21. The van der Waals surface area contributed by atoms with Crippen molar-refractivity contribution in [2.45, 2.75) is 0 Å². The lowest BCUT2D eigenvalue weighted by atomic mass is 10.2. The Balaban J connectivity index is 2.27. The van der Waals surface area contributed by atoms with E-state index in [1.54, 1.807) is 6.07 Å². The van der Waals surface area contributed by atoms with Crippen LogP contribution in [-0.2, 0) is 0 Å². The monoisotopic (exact) mass is 267 g/mol. The van der Waals surface area contributed by atoms with Gasteiger partial charge in [-0.25, -0.2) is 9.37 Å². The molecular weight excluding hydrogens is 261 g/mol. The lowest BCUT2D eigenvalue weighted by molar-refractivity contribution is -0.385. The van der Waals surface area contributed by atoms with Crippen molar-refractivity contribution in [2.24, 2.45) is 0 Å². The minimum Gasteiger partial charge on any atom is -0.353 e. The van der Waals surface area contributed by atoms with E-state index in [0.29, 0.717) is 5.69 Å². The number of benzene rings is 1. The van der Waals surface area contributed by atoms with Crippen LogP contribution >= 0.6 is 11.6 Å². The number of rotatable bonds is 3. The van der Waals surface area contributed by atoms with E-state index in [1.807, 2.05) is 0 Å². The summed E-state index contributed by atoms with van der Waals surface area (Å²) in [5.74, 6) is -0.711. The minimum atomic E-state index is -0.711. The van der Waals surface area contributed by atoms with Crippen molar-refractivity contribution in [2.75, 3.05) is 5.32 Å². The fraction of sp³-hybridized carbons (Fsp3) is 0. The smallest absolute Gasteiger partial charge is 0.272 e. The number of nitro benzene ring substituents is 1. The van der Waals surface area contributed by atoms with Gasteiger partial charge in [-0.3, -0.25) is 10.1 Å². The Kier molecular flexibility index (Phi) is 3.38. The highest BCUT2D eigenvalue weighted by molar-refractivity contribution is 6.29. The Labute approximate surface area is 106 Å². The zero-order valence-electron chi connectivity index (χ0n) is 8.93. The normalized spacial score (nSPS) is 10.1. The molecule has 5 nitrogen and oxygen atoms in total. The third kappa shape index (κ3) is 2.72. The van der Waals surface area contributed by atoms with Crippen LogP contribution < -0.4 is 5.32 Å². The number of hydrogen-bond acceptors (Lipinski definition) is 4. The molecule has 1 heterocycles. The van der Waals surface area contributed by atoms with Crippen molar-refractivity contribution in [1.29, 1.82) is 0 Å². The summed E-state index contributed by atoms with van der Waals surface area (Å²) >= 11 is 5.68. The van der Waals surface area contributed by atoms with Crippen LogP contribution in [0.3, 0.4) is 0 Å².